The average molecular weight is 349 g/mol. The van der Waals surface area contributed by atoms with Crippen molar-refractivity contribution in [3.8, 4) is 5.75 Å². The fourth-order valence-corrected chi connectivity index (χ4v) is 4.68. The summed E-state index contributed by atoms with van der Waals surface area (Å²) in [5, 5.41) is 0. The largest absolute Gasteiger partial charge is 0.494 e. The monoisotopic (exact) mass is 349 g/mol. The fourth-order valence-electron chi connectivity index (χ4n) is 4.68. The second-order valence-corrected chi connectivity index (χ2v) is 7.54. The van der Waals surface area contributed by atoms with Gasteiger partial charge in [0.25, 0.3) is 0 Å². The Balaban J connectivity index is 1.45. The molecule has 2 heterocycles. The number of carbonyl (C=O) groups excluding carboxylic acids is 1. The second kappa shape index (κ2) is 7.63. The van der Waals surface area contributed by atoms with E-state index >= 15 is 0 Å². The number of nitrogens with zero attached hydrogens (tertiary/aromatic N) is 1. The van der Waals surface area contributed by atoms with Crippen LogP contribution in [0.3, 0.4) is 0 Å². The third-order valence-electron chi connectivity index (χ3n) is 5.89. The van der Waals surface area contributed by atoms with Crippen LogP contribution in [0.4, 0.5) is 0 Å². The van der Waals surface area contributed by atoms with Crippen molar-refractivity contribution < 1.29 is 9.53 Å². The summed E-state index contributed by atoms with van der Waals surface area (Å²) in [5.74, 6) is 1.24. The molecule has 26 heavy (non-hydrogen) atoms. The lowest BCUT2D eigenvalue weighted by molar-refractivity contribution is 0.0678. The number of rotatable bonds is 6. The SMILES string of the molecule is CCOc1cccc(C(=O)C2CC3CCC(C2)N3Cc2ccccc2)c1. The molecule has 0 aliphatic carbocycles. The van der Waals surface area contributed by atoms with Gasteiger partial charge < -0.3 is 4.74 Å². The summed E-state index contributed by atoms with van der Waals surface area (Å²) in [6.07, 6.45) is 4.42. The molecule has 2 atom stereocenters. The lowest BCUT2D eigenvalue weighted by Gasteiger charge is -2.38. The Morgan fingerprint density at radius 2 is 1.77 bits per heavy atom. The maximum Gasteiger partial charge on any atom is 0.166 e. The van der Waals surface area contributed by atoms with Crippen molar-refractivity contribution in [2.24, 2.45) is 5.92 Å². The highest BCUT2D eigenvalue weighted by Crippen LogP contribution is 2.40. The Morgan fingerprint density at radius 3 is 2.46 bits per heavy atom. The highest BCUT2D eigenvalue weighted by Gasteiger charge is 2.42. The Labute approximate surface area is 156 Å². The second-order valence-electron chi connectivity index (χ2n) is 7.54. The molecule has 2 aromatic rings. The predicted molar refractivity (Wildman–Crippen MR) is 103 cm³/mol. The molecule has 0 N–H and O–H groups in total. The number of benzene rings is 2. The first kappa shape index (κ1) is 17.3. The van der Waals surface area contributed by atoms with Gasteiger partial charge in [-0.15, -0.1) is 0 Å². The van der Waals surface area contributed by atoms with Crippen LogP contribution in [-0.2, 0) is 6.54 Å². The van der Waals surface area contributed by atoms with Crippen LogP contribution >= 0.6 is 0 Å². The Hall–Kier alpha value is -2.13. The van der Waals surface area contributed by atoms with Gasteiger partial charge in [0.1, 0.15) is 5.75 Å². The molecule has 2 aliphatic heterocycles. The molecular formula is C23H27NO2. The summed E-state index contributed by atoms with van der Waals surface area (Å²) in [6.45, 7) is 3.60. The Morgan fingerprint density at radius 1 is 1.04 bits per heavy atom. The van der Waals surface area contributed by atoms with Gasteiger partial charge in [0.15, 0.2) is 5.78 Å². The third kappa shape index (κ3) is 3.54. The number of hydrogen-bond acceptors (Lipinski definition) is 3. The van der Waals surface area contributed by atoms with Crippen molar-refractivity contribution in [2.75, 3.05) is 6.61 Å². The molecule has 0 radical (unpaired) electrons. The summed E-state index contributed by atoms with van der Waals surface area (Å²) in [4.78, 5) is 15.7. The first-order valence-electron chi connectivity index (χ1n) is 9.81. The molecule has 2 saturated heterocycles. The van der Waals surface area contributed by atoms with Gasteiger partial charge in [-0.3, -0.25) is 9.69 Å². The molecule has 3 nitrogen and oxygen atoms in total. The summed E-state index contributed by atoms with van der Waals surface area (Å²) in [7, 11) is 0. The van der Waals surface area contributed by atoms with E-state index in [1.807, 2.05) is 31.2 Å². The molecule has 3 heteroatoms. The van der Waals surface area contributed by atoms with Gasteiger partial charge in [0.2, 0.25) is 0 Å². The number of fused-ring (bicyclic) bond motifs is 2. The van der Waals surface area contributed by atoms with E-state index in [0.717, 1.165) is 30.7 Å². The van der Waals surface area contributed by atoms with Crippen molar-refractivity contribution in [3.05, 3.63) is 65.7 Å². The van der Waals surface area contributed by atoms with Gasteiger partial charge in [0, 0.05) is 30.1 Å². The van der Waals surface area contributed by atoms with E-state index in [2.05, 4.69) is 35.2 Å². The lowest BCUT2D eigenvalue weighted by atomic mass is 9.84. The van der Waals surface area contributed by atoms with Crippen LogP contribution in [0, 0.1) is 5.92 Å². The van der Waals surface area contributed by atoms with Crippen molar-refractivity contribution in [1.82, 2.24) is 4.90 Å². The average Bonchev–Trinajstić information content (AvgIpc) is 2.90. The zero-order valence-corrected chi connectivity index (χ0v) is 15.4. The van der Waals surface area contributed by atoms with E-state index in [1.165, 1.54) is 18.4 Å². The normalized spacial score (nSPS) is 25.2. The van der Waals surface area contributed by atoms with Gasteiger partial charge >= 0.3 is 0 Å². The molecule has 0 saturated carbocycles. The van der Waals surface area contributed by atoms with E-state index < -0.39 is 0 Å². The van der Waals surface area contributed by atoms with E-state index in [4.69, 9.17) is 4.74 Å². The van der Waals surface area contributed by atoms with E-state index in [1.54, 1.807) is 0 Å². The van der Waals surface area contributed by atoms with Gasteiger partial charge in [-0.2, -0.15) is 0 Å². The maximum atomic E-state index is 13.1. The maximum absolute atomic E-state index is 13.1. The van der Waals surface area contributed by atoms with Crippen molar-refractivity contribution in [1.29, 1.82) is 0 Å². The first-order chi connectivity index (χ1) is 12.7. The highest BCUT2D eigenvalue weighted by atomic mass is 16.5. The number of ketones is 1. The molecule has 0 amide bonds. The minimum Gasteiger partial charge on any atom is -0.494 e. The summed E-state index contributed by atoms with van der Waals surface area (Å²) in [6, 6.07) is 19.5. The lowest BCUT2D eigenvalue weighted by Crippen LogP contribution is -2.44. The zero-order chi connectivity index (χ0) is 17.9. The predicted octanol–water partition coefficient (Wildman–Crippen LogP) is 4.71. The van der Waals surface area contributed by atoms with Crippen LogP contribution < -0.4 is 4.74 Å². The summed E-state index contributed by atoms with van der Waals surface area (Å²) < 4.78 is 5.56. The van der Waals surface area contributed by atoms with Crippen LogP contribution in [0.25, 0.3) is 0 Å². The quantitative estimate of drug-likeness (QED) is 0.707. The number of ether oxygens (including phenoxy) is 1. The summed E-state index contributed by atoms with van der Waals surface area (Å²) in [5.41, 5.74) is 2.18. The number of carbonyl (C=O) groups is 1. The van der Waals surface area contributed by atoms with Gasteiger partial charge in [-0.1, -0.05) is 42.5 Å². The van der Waals surface area contributed by atoms with Crippen molar-refractivity contribution in [3.63, 3.8) is 0 Å². The van der Waals surface area contributed by atoms with Gasteiger partial charge in [-0.25, -0.2) is 0 Å². The standard InChI is InChI=1S/C23H27NO2/c1-2-26-22-10-6-9-18(15-22)23(25)19-13-20-11-12-21(14-19)24(20)16-17-7-4-3-5-8-17/h3-10,15,19-21H,2,11-14,16H2,1H3. The van der Waals surface area contributed by atoms with Crippen LogP contribution in [0.2, 0.25) is 0 Å². The topological polar surface area (TPSA) is 29.5 Å². The molecule has 4 rings (SSSR count). The molecule has 2 unspecified atom stereocenters. The minimum absolute atomic E-state index is 0.149. The Kier molecular flexibility index (Phi) is 5.07. The summed E-state index contributed by atoms with van der Waals surface area (Å²) >= 11 is 0. The number of hydrogen-bond donors (Lipinski definition) is 0. The van der Waals surface area contributed by atoms with E-state index in [0.29, 0.717) is 24.5 Å². The molecular weight excluding hydrogens is 322 g/mol. The molecule has 136 valence electrons. The van der Waals surface area contributed by atoms with Gasteiger partial charge in [-0.05, 0) is 50.3 Å². The smallest absolute Gasteiger partial charge is 0.166 e. The first-order valence-corrected chi connectivity index (χ1v) is 9.81. The molecule has 2 aliphatic rings. The van der Waals surface area contributed by atoms with Crippen LogP contribution in [0.15, 0.2) is 54.6 Å². The van der Waals surface area contributed by atoms with Crippen molar-refractivity contribution >= 4 is 5.78 Å². The molecule has 2 fully saturated rings. The van der Waals surface area contributed by atoms with E-state index in [9.17, 15) is 4.79 Å². The molecule has 2 aromatic carbocycles. The fraction of sp³-hybridized carbons (Fsp3) is 0.435. The van der Waals surface area contributed by atoms with Crippen LogP contribution in [0.1, 0.15) is 48.5 Å². The minimum atomic E-state index is 0.149. The molecule has 0 aromatic heterocycles. The van der Waals surface area contributed by atoms with Gasteiger partial charge in [0.05, 0.1) is 6.61 Å². The highest BCUT2D eigenvalue weighted by molar-refractivity contribution is 5.98. The zero-order valence-electron chi connectivity index (χ0n) is 15.4. The molecule has 0 spiro atoms. The third-order valence-corrected chi connectivity index (χ3v) is 5.89. The van der Waals surface area contributed by atoms with Crippen LogP contribution in [0.5, 0.6) is 5.75 Å². The van der Waals surface area contributed by atoms with Crippen molar-refractivity contribution in [2.45, 2.75) is 51.2 Å². The van der Waals surface area contributed by atoms with Crippen LogP contribution in [-0.4, -0.2) is 29.4 Å². The molecule has 2 bridgehead atoms. The van der Waals surface area contributed by atoms with E-state index in [-0.39, 0.29) is 5.92 Å². The number of piperidine rings is 1. The number of Topliss-reactive ketones (excluding diaryl/α,β-unsaturated/α-hetero) is 1. The Bertz CT molecular complexity index is 744.